The Balaban J connectivity index is 1.69. The molecular weight excluding hydrogens is 452 g/mol. The average Bonchev–Trinajstić information content (AvgIpc) is 2.92. The van der Waals surface area contributed by atoms with Gasteiger partial charge in [-0.05, 0) is 50.7 Å². The fraction of sp³-hybridized carbons (Fsp3) is 0.516. The van der Waals surface area contributed by atoms with Crippen molar-refractivity contribution in [2.75, 3.05) is 14.2 Å². The van der Waals surface area contributed by atoms with Gasteiger partial charge in [-0.15, -0.1) is 0 Å². The van der Waals surface area contributed by atoms with E-state index in [0.717, 1.165) is 49.7 Å². The van der Waals surface area contributed by atoms with Crippen LogP contribution >= 0.6 is 0 Å². The maximum Gasteiger partial charge on any atom is 0.315 e. The minimum absolute atomic E-state index is 0.222. The quantitative estimate of drug-likeness (QED) is 0.191. The first kappa shape index (κ1) is 29.3. The molecule has 0 aliphatic rings. The number of hydrogen-bond donors (Lipinski definition) is 0. The second-order valence-electron chi connectivity index (χ2n) is 10.0. The number of ether oxygens (including phenoxy) is 2. The van der Waals surface area contributed by atoms with Crippen molar-refractivity contribution in [2.45, 2.75) is 88.9 Å². The molecule has 0 bridgehead atoms. The van der Waals surface area contributed by atoms with Crippen LogP contribution in [0.5, 0.6) is 0 Å². The van der Waals surface area contributed by atoms with Gasteiger partial charge in [-0.25, -0.2) is 0 Å². The molecule has 2 rings (SSSR count). The van der Waals surface area contributed by atoms with E-state index in [1.54, 1.807) is 0 Å². The number of esters is 2. The highest BCUT2D eigenvalue weighted by atomic mass is 16.5. The molecule has 0 aromatic heterocycles. The molecule has 2 atom stereocenters. The Bertz CT molecular complexity index is 878. The topological polar surface area (TPSA) is 69.7 Å². The Hall–Kier alpha value is -2.95. The zero-order valence-corrected chi connectivity index (χ0v) is 22.4. The van der Waals surface area contributed by atoms with E-state index >= 15 is 0 Å². The van der Waals surface area contributed by atoms with Crippen molar-refractivity contribution in [2.24, 2.45) is 0 Å². The third-order valence-electron chi connectivity index (χ3n) is 7.36. The van der Waals surface area contributed by atoms with Crippen molar-refractivity contribution in [3.8, 4) is 0 Å². The maximum atomic E-state index is 12.5. The predicted octanol–water partition coefficient (Wildman–Crippen LogP) is 6.72. The number of carbonyl (C=O) groups excluding carboxylic acids is 3. The fourth-order valence-corrected chi connectivity index (χ4v) is 4.87. The molecular formula is C31H42O5. The Morgan fingerprint density at radius 1 is 0.583 bits per heavy atom. The van der Waals surface area contributed by atoms with E-state index in [0.29, 0.717) is 25.7 Å². The summed E-state index contributed by atoms with van der Waals surface area (Å²) in [7, 11) is 2.86. The lowest BCUT2D eigenvalue weighted by Gasteiger charge is -2.27. The third-order valence-corrected chi connectivity index (χ3v) is 7.36. The van der Waals surface area contributed by atoms with Crippen molar-refractivity contribution in [1.82, 2.24) is 0 Å². The van der Waals surface area contributed by atoms with Crippen molar-refractivity contribution in [3.63, 3.8) is 0 Å². The van der Waals surface area contributed by atoms with Crippen LogP contribution in [-0.4, -0.2) is 31.9 Å². The van der Waals surface area contributed by atoms with Crippen molar-refractivity contribution in [3.05, 3.63) is 71.8 Å². The number of unbranched alkanes of at least 4 members (excludes halogenated alkanes) is 4. The van der Waals surface area contributed by atoms with Crippen LogP contribution < -0.4 is 0 Å². The summed E-state index contributed by atoms with van der Waals surface area (Å²) in [6.07, 6.45) is 7.72. The summed E-state index contributed by atoms with van der Waals surface area (Å²) in [6.45, 7) is 3.87. The van der Waals surface area contributed by atoms with Crippen LogP contribution in [0.4, 0.5) is 0 Å². The van der Waals surface area contributed by atoms with Crippen LogP contribution in [0.15, 0.2) is 60.7 Å². The minimum Gasteiger partial charge on any atom is -0.468 e. The molecule has 0 aliphatic carbocycles. The largest absolute Gasteiger partial charge is 0.468 e. The van der Waals surface area contributed by atoms with Gasteiger partial charge in [0.2, 0.25) is 0 Å². The molecule has 0 fully saturated rings. The van der Waals surface area contributed by atoms with Gasteiger partial charge in [-0.1, -0.05) is 86.3 Å². The molecule has 0 saturated carbocycles. The Morgan fingerprint density at radius 3 is 1.28 bits per heavy atom. The number of Topliss-reactive ketones (excluding diaryl/α,β-unsaturated/α-hetero) is 1. The summed E-state index contributed by atoms with van der Waals surface area (Å²) in [4.78, 5) is 37.3. The second kappa shape index (κ2) is 14.6. The van der Waals surface area contributed by atoms with E-state index in [2.05, 4.69) is 0 Å². The SMILES string of the molecule is COC(=O)C(C)(CCCCCC(=O)CCCCCC(C)(C(=O)OC)c1ccccc1)c1ccccc1. The van der Waals surface area contributed by atoms with Gasteiger partial charge in [0, 0.05) is 12.8 Å². The highest BCUT2D eigenvalue weighted by molar-refractivity contribution is 5.83. The summed E-state index contributed by atoms with van der Waals surface area (Å²) in [5.74, 6) is -0.159. The molecule has 2 unspecified atom stereocenters. The van der Waals surface area contributed by atoms with Crippen molar-refractivity contribution in [1.29, 1.82) is 0 Å². The first-order chi connectivity index (χ1) is 17.3. The summed E-state index contributed by atoms with van der Waals surface area (Å²) < 4.78 is 10.2. The molecule has 36 heavy (non-hydrogen) atoms. The average molecular weight is 495 g/mol. The van der Waals surface area contributed by atoms with Crippen molar-refractivity contribution < 1.29 is 23.9 Å². The second-order valence-corrected chi connectivity index (χ2v) is 10.0. The molecule has 0 saturated heterocycles. The smallest absolute Gasteiger partial charge is 0.315 e. The van der Waals surface area contributed by atoms with Gasteiger partial charge in [-0.3, -0.25) is 14.4 Å². The van der Waals surface area contributed by atoms with Gasteiger partial charge in [0.1, 0.15) is 5.78 Å². The molecule has 0 N–H and O–H groups in total. The normalized spacial score (nSPS) is 14.3. The number of hydrogen-bond acceptors (Lipinski definition) is 5. The molecule has 5 heteroatoms. The number of benzene rings is 2. The summed E-state index contributed by atoms with van der Waals surface area (Å²) in [5, 5.41) is 0. The zero-order chi connectivity index (χ0) is 26.4. The molecule has 0 amide bonds. The van der Waals surface area contributed by atoms with Crippen LogP contribution in [0.3, 0.4) is 0 Å². The van der Waals surface area contributed by atoms with Gasteiger partial charge < -0.3 is 9.47 Å². The summed E-state index contributed by atoms with van der Waals surface area (Å²) in [6, 6.07) is 19.5. The maximum absolute atomic E-state index is 12.5. The van der Waals surface area contributed by atoms with E-state index < -0.39 is 10.8 Å². The minimum atomic E-state index is -0.668. The molecule has 196 valence electrons. The lowest BCUT2D eigenvalue weighted by atomic mass is 9.78. The van der Waals surface area contributed by atoms with E-state index in [4.69, 9.17) is 9.47 Å². The van der Waals surface area contributed by atoms with Crippen LogP contribution in [-0.2, 0) is 34.7 Å². The molecule has 2 aromatic rings. The number of methoxy groups -OCH3 is 2. The number of rotatable bonds is 16. The monoisotopic (exact) mass is 494 g/mol. The molecule has 0 radical (unpaired) electrons. The molecule has 0 heterocycles. The Morgan fingerprint density at radius 2 is 0.944 bits per heavy atom. The van der Waals surface area contributed by atoms with Gasteiger partial charge in [0.15, 0.2) is 0 Å². The van der Waals surface area contributed by atoms with E-state index in [-0.39, 0.29) is 17.7 Å². The third kappa shape index (κ3) is 8.04. The van der Waals surface area contributed by atoms with Gasteiger partial charge in [0.25, 0.3) is 0 Å². The fourth-order valence-electron chi connectivity index (χ4n) is 4.87. The zero-order valence-electron chi connectivity index (χ0n) is 22.4. The molecule has 2 aromatic carbocycles. The van der Waals surface area contributed by atoms with Crippen LogP contribution in [0.2, 0.25) is 0 Å². The predicted molar refractivity (Wildman–Crippen MR) is 143 cm³/mol. The highest BCUT2D eigenvalue weighted by Gasteiger charge is 2.36. The first-order valence-corrected chi connectivity index (χ1v) is 13.1. The summed E-state index contributed by atoms with van der Waals surface area (Å²) >= 11 is 0. The molecule has 0 aliphatic heterocycles. The van der Waals surface area contributed by atoms with Gasteiger partial charge in [0.05, 0.1) is 25.0 Å². The van der Waals surface area contributed by atoms with Crippen LogP contribution in [0, 0.1) is 0 Å². The van der Waals surface area contributed by atoms with Crippen molar-refractivity contribution >= 4 is 17.7 Å². The van der Waals surface area contributed by atoms with E-state index in [1.807, 2.05) is 74.5 Å². The summed E-state index contributed by atoms with van der Waals surface area (Å²) in [5.41, 5.74) is 0.587. The first-order valence-electron chi connectivity index (χ1n) is 13.1. The van der Waals surface area contributed by atoms with Gasteiger partial charge in [-0.2, -0.15) is 0 Å². The van der Waals surface area contributed by atoms with Gasteiger partial charge >= 0.3 is 11.9 Å². The van der Waals surface area contributed by atoms with Crippen LogP contribution in [0.25, 0.3) is 0 Å². The standard InChI is InChI=1S/C31H42O5/c1-30(28(33)35-3,25-17-9-5-10-18-25)23-15-7-13-21-27(32)22-14-8-16-24-31(2,29(34)36-4)26-19-11-6-12-20-26/h5-6,9-12,17-20H,7-8,13-16,21-24H2,1-4H3. The Kier molecular flexibility index (Phi) is 11.9. The Labute approximate surface area is 216 Å². The molecule has 5 nitrogen and oxygen atoms in total. The van der Waals surface area contributed by atoms with Crippen LogP contribution in [0.1, 0.15) is 89.2 Å². The van der Waals surface area contributed by atoms with E-state index in [9.17, 15) is 14.4 Å². The lowest BCUT2D eigenvalue weighted by Crippen LogP contribution is -2.33. The number of carbonyl (C=O) groups is 3. The van der Waals surface area contributed by atoms with E-state index in [1.165, 1.54) is 14.2 Å². The molecule has 0 spiro atoms. The highest BCUT2D eigenvalue weighted by Crippen LogP contribution is 2.32. The lowest BCUT2D eigenvalue weighted by molar-refractivity contribution is -0.148. The number of ketones is 1.